The molecular weight excluding hydrogens is 418 g/mol. The van der Waals surface area contributed by atoms with Crippen molar-refractivity contribution >= 4 is 18.2 Å². The summed E-state index contributed by atoms with van der Waals surface area (Å²) >= 11 is 0. The number of amides is 1. The molecule has 33 heavy (non-hydrogen) atoms. The average Bonchev–Trinajstić information content (AvgIpc) is 3.22. The largest absolute Gasteiger partial charge is 0.491 e. The molecule has 0 radical (unpaired) electrons. The van der Waals surface area contributed by atoms with Gasteiger partial charge in [0.25, 0.3) is 0 Å². The highest BCUT2D eigenvalue weighted by Crippen LogP contribution is 2.35. The minimum absolute atomic E-state index is 0.271. The zero-order valence-electron chi connectivity index (χ0n) is 18.7. The molecule has 0 spiro atoms. The molecule has 3 aromatic rings. The highest BCUT2D eigenvalue weighted by atomic mass is 16.5. The van der Waals surface area contributed by atoms with Gasteiger partial charge in [-0.05, 0) is 41.8 Å². The molecule has 1 aliphatic rings. The SMILES string of the molecule is COCCOc1cccc(C)c1-c1ccnc(N2NC(NC=O)=NC2Cc2ccccc2)c1. The highest BCUT2D eigenvalue weighted by Gasteiger charge is 2.28. The number of hydrazine groups is 1. The maximum atomic E-state index is 11.0. The van der Waals surface area contributed by atoms with Crippen molar-refractivity contribution < 1.29 is 14.3 Å². The van der Waals surface area contributed by atoms with Crippen LogP contribution in [0.1, 0.15) is 11.1 Å². The number of nitrogens with one attached hydrogen (secondary N) is 2. The summed E-state index contributed by atoms with van der Waals surface area (Å²) in [5.41, 5.74) is 7.36. The number of hydrogen-bond acceptors (Lipinski definition) is 7. The van der Waals surface area contributed by atoms with Gasteiger partial charge in [0.1, 0.15) is 24.3 Å². The van der Waals surface area contributed by atoms with Gasteiger partial charge in [-0.2, -0.15) is 0 Å². The molecule has 8 nitrogen and oxygen atoms in total. The first-order chi connectivity index (χ1) is 16.2. The molecule has 0 saturated carbocycles. The molecule has 0 fully saturated rings. The van der Waals surface area contributed by atoms with Gasteiger partial charge in [0.15, 0.2) is 0 Å². The number of hydrogen-bond donors (Lipinski definition) is 2. The van der Waals surface area contributed by atoms with E-state index in [-0.39, 0.29) is 6.17 Å². The minimum Gasteiger partial charge on any atom is -0.491 e. The third-order valence-corrected chi connectivity index (χ3v) is 5.32. The predicted molar refractivity (Wildman–Crippen MR) is 128 cm³/mol. The molecule has 1 unspecified atom stereocenters. The van der Waals surface area contributed by atoms with Crippen LogP contribution in [0.3, 0.4) is 0 Å². The molecule has 0 aliphatic carbocycles. The lowest BCUT2D eigenvalue weighted by molar-refractivity contribution is -0.108. The zero-order chi connectivity index (χ0) is 23.0. The lowest BCUT2D eigenvalue weighted by Gasteiger charge is -2.25. The zero-order valence-corrected chi connectivity index (χ0v) is 18.7. The number of ether oxygens (including phenoxy) is 2. The van der Waals surface area contributed by atoms with Gasteiger partial charge in [-0.1, -0.05) is 42.5 Å². The van der Waals surface area contributed by atoms with Gasteiger partial charge in [-0.3, -0.25) is 15.5 Å². The Kier molecular flexibility index (Phi) is 7.16. The predicted octanol–water partition coefficient (Wildman–Crippen LogP) is 3.08. The monoisotopic (exact) mass is 445 g/mol. The van der Waals surface area contributed by atoms with Crippen LogP contribution in [0.5, 0.6) is 5.75 Å². The average molecular weight is 446 g/mol. The van der Waals surface area contributed by atoms with Crippen molar-refractivity contribution in [3.63, 3.8) is 0 Å². The van der Waals surface area contributed by atoms with Crippen molar-refractivity contribution in [2.75, 3.05) is 25.3 Å². The Hall–Kier alpha value is -3.91. The molecule has 1 atom stereocenters. The number of pyridine rings is 1. The molecule has 170 valence electrons. The van der Waals surface area contributed by atoms with E-state index in [9.17, 15) is 4.79 Å². The number of rotatable bonds is 9. The Balaban J connectivity index is 1.65. The summed E-state index contributed by atoms with van der Waals surface area (Å²) < 4.78 is 11.1. The van der Waals surface area contributed by atoms with Crippen molar-refractivity contribution in [2.24, 2.45) is 4.99 Å². The van der Waals surface area contributed by atoms with Crippen LogP contribution in [-0.4, -0.2) is 43.8 Å². The Morgan fingerprint density at radius 1 is 1.12 bits per heavy atom. The van der Waals surface area contributed by atoms with Crippen LogP contribution < -0.4 is 20.5 Å². The number of aromatic nitrogens is 1. The highest BCUT2D eigenvalue weighted by molar-refractivity contribution is 5.91. The van der Waals surface area contributed by atoms with E-state index in [0.717, 1.165) is 28.0 Å². The standard InChI is InChI=1S/C25H27N5O3/c1-18-7-6-10-21(33-14-13-32-2)24(18)20-11-12-26-22(16-20)30-23(28-25(29-30)27-17-31)15-19-8-4-3-5-9-19/h3-12,16-17,23H,13-15H2,1-2H3,(H2,27,28,29,31). The number of nitrogens with zero attached hydrogens (tertiary/aromatic N) is 3. The van der Waals surface area contributed by atoms with Crippen molar-refractivity contribution in [1.29, 1.82) is 0 Å². The fraction of sp³-hybridized carbons (Fsp3) is 0.240. The second kappa shape index (κ2) is 10.6. The number of methoxy groups -OCH3 is 1. The van der Waals surface area contributed by atoms with Gasteiger partial charge in [-0.25, -0.2) is 15.0 Å². The maximum absolute atomic E-state index is 11.0. The van der Waals surface area contributed by atoms with E-state index in [1.54, 1.807) is 13.3 Å². The van der Waals surface area contributed by atoms with E-state index < -0.39 is 0 Å². The fourth-order valence-corrected chi connectivity index (χ4v) is 3.79. The molecule has 1 aliphatic heterocycles. The number of carbonyl (C=O) groups excluding carboxylic acids is 1. The van der Waals surface area contributed by atoms with E-state index in [4.69, 9.17) is 9.47 Å². The summed E-state index contributed by atoms with van der Waals surface area (Å²) in [5, 5.41) is 4.48. The molecule has 0 saturated heterocycles. The van der Waals surface area contributed by atoms with Gasteiger partial charge in [-0.15, -0.1) is 0 Å². The summed E-state index contributed by atoms with van der Waals surface area (Å²) in [6.07, 6.45) is 2.75. The van der Waals surface area contributed by atoms with Crippen LogP contribution >= 0.6 is 0 Å². The van der Waals surface area contributed by atoms with Gasteiger partial charge in [0.2, 0.25) is 12.4 Å². The van der Waals surface area contributed by atoms with Gasteiger partial charge >= 0.3 is 0 Å². The summed E-state index contributed by atoms with van der Waals surface area (Å²) in [6, 6.07) is 20.0. The van der Waals surface area contributed by atoms with Crippen LogP contribution in [0.15, 0.2) is 71.9 Å². The topological polar surface area (TPSA) is 88.1 Å². The number of guanidine groups is 1. The van der Waals surface area contributed by atoms with E-state index in [1.807, 2.05) is 47.5 Å². The number of aryl methyl sites for hydroxylation is 1. The van der Waals surface area contributed by atoms with E-state index in [1.165, 1.54) is 0 Å². The quantitative estimate of drug-likeness (QED) is 0.389. The van der Waals surface area contributed by atoms with Crippen LogP contribution in [0.25, 0.3) is 11.1 Å². The molecule has 4 rings (SSSR count). The molecule has 0 bridgehead atoms. The first-order valence-electron chi connectivity index (χ1n) is 10.7. The first kappa shape index (κ1) is 22.3. The molecule has 1 aromatic heterocycles. The Bertz CT molecular complexity index is 1120. The molecule has 1 amide bonds. The van der Waals surface area contributed by atoms with Crippen LogP contribution in [0.4, 0.5) is 5.82 Å². The van der Waals surface area contributed by atoms with Gasteiger partial charge in [0, 0.05) is 25.3 Å². The Labute approximate surface area is 193 Å². The lowest BCUT2D eigenvalue weighted by atomic mass is 10.00. The summed E-state index contributed by atoms with van der Waals surface area (Å²) in [6.45, 7) is 3.03. The maximum Gasteiger partial charge on any atom is 0.219 e. The van der Waals surface area contributed by atoms with Crippen molar-refractivity contribution in [1.82, 2.24) is 15.7 Å². The van der Waals surface area contributed by atoms with E-state index >= 15 is 0 Å². The third kappa shape index (κ3) is 5.30. The van der Waals surface area contributed by atoms with E-state index in [0.29, 0.717) is 37.8 Å². The summed E-state index contributed by atoms with van der Waals surface area (Å²) in [4.78, 5) is 20.2. The lowest BCUT2D eigenvalue weighted by Crippen LogP contribution is -2.46. The smallest absolute Gasteiger partial charge is 0.219 e. The molecule has 2 aromatic carbocycles. The van der Waals surface area contributed by atoms with Crippen molar-refractivity contribution in [3.8, 4) is 16.9 Å². The normalized spacial score (nSPS) is 15.0. The fourth-order valence-electron chi connectivity index (χ4n) is 3.79. The first-order valence-corrected chi connectivity index (χ1v) is 10.7. The Morgan fingerprint density at radius 3 is 2.76 bits per heavy atom. The second-order valence-corrected chi connectivity index (χ2v) is 7.58. The van der Waals surface area contributed by atoms with Crippen molar-refractivity contribution in [2.45, 2.75) is 19.5 Å². The summed E-state index contributed by atoms with van der Waals surface area (Å²) in [7, 11) is 1.65. The molecule has 2 heterocycles. The number of anilines is 1. The van der Waals surface area contributed by atoms with Crippen LogP contribution in [0.2, 0.25) is 0 Å². The number of carbonyl (C=O) groups is 1. The number of aliphatic imine (C=N–C) groups is 1. The molecule has 8 heteroatoms. The Morgan fingerprint density at radius 2 is 1.97 bits per heavy atom. The summed E-state index contributed by atoms with van der Waals surface area (Å²) in [5.74, 6) is 1.86. The van der Waals surface area contributed by atoms with E-state index in [2.05, 4.69) is 45.8 Å². The molecule has 2 N–H and O–H groups in total. The molecular formula is C25H27N5O3. The minimum atomic E-state index is -0.271. The van der Waals surface area contributed by atoms with Crippen molar-refractivity contribution in [3.05, 3.63) is 78.0 Å². The third-order valence-electron chi connectivity index (χ3n) is 5.32. The number of benzene rings is 2. The van der Waals surface area contributed by atoms with Gasteiger partial charge in [0.05, 0.1) is 6.61 Å². The second-order valence-electron chi connectivity index (χ2n) is 7.58. The van der Waals surface area contributed by atoms with Crippen LogP contribution in [-0.2, 0) is 16.0 Å². The van der Waals surface area contributed by atoms with Crippen LogP contribution in [0, 0.1) is 6.92 Å². The van der Waals surface area contributed by atoms with Gasteiger partial charge < -0.3 is 9.47 Å².